The third kappa shape index (κ3) is 5.65. The second-order valence-corrected chi connectivity index (χ2v) is 7.18. The number of nitrogens with zero attached hydrogens (tertiary/aromatic N) is 2. The SMILES string of the molecule is O=C(Nc1ccc(COc2ncc(C(F)(F)F)cc2Cl)cc1)c1cc([N+](=O)[O-])ccc1Cl. The van der Waals surface area contributed by atoms with E-state index in [2.05, 4.69) is 10.3 Å². The second-order valence-electron chi connectivity index (χ2n) is 6.37. The van der Waals surface area contributed by atoms with Gasteiger partial charge in [-0.05, 0) is 29.8 Å². The standard InChI is InChI=1S/C20H12Cl2F3N3O4/c21-16-6-5-14(28(30)31)8-15(16)18(29)27-13-3-1-11(2-4-13)10-32-19-17(22)7-12(9-26-19)20(23,24)25/h1-9H,10H2,(H,27,29). The minimum atomic E-state index is -4.57. The lowest BCUT2D eigenvalue weighted by Gasteiger charge is -2.11. The lowest BCUT2D eigenvalue weighted by Crippen LogP contribution is -2.13. The maximum atomic E-state index is 12.7. The number of nitrogens with one attached hydrogen (secondary N) is 1. The van der Waals surface area contributed by atoms with Crippen LogP contribution in [0.1, 0.15) is 21.5 Å². The Hall–Kier alpha value is -3.37. The third-order valence-electron chi connectivity index (χ3n) is 4.13. The number of ether oxygens (including phenoxy) is 1. The predicted molar refractivity (Wildman–Crippen MR) is 111 cm³/mol. The number of anilines is 1. The lowest BCUT2D eigenvalue weighted by atomic mass is 10.1. The van der Waals surface area contributed by atoms with E-state index < -0.39 is 22.6 Å². The van der Waals surface area contributed by atoms with Crippen molar-refractivity contribution in [1.29, 1.82) is 0 Å². The smallest absolute Gasteiger partial charge is 0.417 e. The molecule has 2 aromatic carbocycles. The van der Waals surface area contributed by atoms with Gasteiger partial charge in [0.15, 0.2) is 0 Å². The average molecular weight is 486 g/mol. The van der Waals surface area contributed by atoms with Crippen LogP contribution < -0.4 is 10.1 Å². The van der Waals surface area contributed by atoms with Crippen LogP contribution in [0.3, 0.4) is 0 Å². The zero-order valence-electron chi connectivity index (χ0n) is 15.8. The van der Waals surface area contributed by atoms with Crippen molar-refractivity contribution < 1.29 is 27.6 Å². The Bertz CT molecular complexity index is 1170. The normalized spacial score (nSPS) is 11.2. The fourth-order valence-corrected chi connectivity index (χ4v) is 2.95. The topological polar surface area (TPSA) is 94.4 Å². The molecule has 0 radical (unpaired) electrons. The molecule has 0 bridgehead atoms. The fraction of sp³-hybridized carbons (Fsp3) is 0.100. The third-order valence-corrected chi connectivity index (χ3v) is 4.73. The number of halogens is 5. The number of carbonyl (C=O) groups is 1. The second kappa shape index (κ2) is 9.41. The Kier molecular flexibility index (Phi) is 6.85. The molecule has 3 aromatic rings. The summed E-state index contributed by atoms with van der Waals surface area (Å²) in [6.45, 7) is -0.0387. The molecule has 0 saturated heterocycles. The molecule has 1 amide bonds. The number of carbonyl (C=O) groups excluding carboxylic acids is 1. The number of rotatable bonds is 6. The first-order valence-electron chi connectivity index (χ1n) is 8.74. The summed E-state index contributed by atoms with van der Waals surface area (Å²) in [7, 11) is 0. The van der Waals surface area contributed by atoms with Crippen molar-refractivity contribution in [2.75, 3.05) is 5.32 Å². The van der Waals surface area contributed by atoms with E-state index in [-0.39, 0.29) is 33.8 Å². The predicted octanol–water partition coefficient (Wildman–Crippen LogP) is 6.15. The van der Waals surface area contributed by atoms with Crippen molar-refractivity contribution in [3.05, 3.63) is 91.6 Å². The highest BCUT2D eigenvalue weighted by Crippen LogP contribution is 2.33. The van der Waals surface area contributed by atoms with Gasteiger partial charge < -0.3 is 10.1 Å². The van der Waals surface area contributed by atoms with Gasteiger partial charge in [0, 0.05) is 24.0 Å². The van der Waals surface area contributed by atoms with Gasteiger partial charge in [0.05, 0.1) is 21.1 Å². The molecule has 166 valence electrons. The summed E-state index contributed by atoms with van der Waals surface area (Å²) in [4.78, 5) is 26.2. The first kappa shape index (κ1) is 23.3. The minimum absolute atomic E-state index is 0.0387. The Morgan fingerprint density at radius 3 is 2.38 bits per heavy atom. The van der Waals surface area contributed by atoms with Crippen LogP contribution in [0.2, 0.25) is 10.0 Å². The molecule has 0 atom stereocenters. The van der Waals surface area contributed by atoms with Crippen LogP contribution in [0, 0.1) is 10.1 Å². The molecule has 0 aliphatic carbocycles. The van der Waals surface area contributed by atoms with Crippen molar-refractivity contribution in [1.82, 2.24) is 4.98 Å². The van der Waals surface area contributed by atoms with Crippen LogP contribution in [0.15, 0.2) is 54.7 Å². The Balaban J connectivity index is 1.64. The summed E-state index contributed by atoms with van der Waals surface area (Å²) >= 11 is 11.8. The van der Waals surface area contributed by atoms with Crippen molar-refractivity contribution in [3.63, 3.8) is 0 Å². The Labute approximate surface area is 188 Å². The van der Waals surface area contributed by atoms with Gasteiger partial charge in [0.25, 0.3) is 11.6 Å². The summed E-state index contributed by atoms with van der Waals surface area (Å²) in [5, 5.41) is 13.2. The van der Waals surface area contributed by atoms with E-state index in [1.807, 2.05) is 0 Å². The Morgan fingerprint density at radius 1 is 1.09 bits per heavy atom. The van der Waals surface area contributed by atoms with Crippen LogP contribution in [0.25, 0.3) is 0 Å². The molecule has 32 heavy (non-hydrogen) atoms. The molecule has 0 aliphatic heterocycles. The Morgan fingerprint density at radius 2 is 1.78 bits per heavy atom. The van der Waals surface area contributed by atoms with Crippen molar-refractivity contribution in [2.24, 2.45) is 0 Å². The number of hydrogen-bond acceptors (Lipinski definition) is 5. The van der Waals surface area contributed by atoms with E-state index in [9.17, 15) is 28.1 Å². The quantitative estimate of drug-likeness (QED) is 0.333. The van der Waals surface area contributed by atoms with E-state index in [4.69, 9.17) is 27.9 Å². The number of hydrogen-bond donors (Lipinski definition) is 1. The van der Waals surface area contributed by atoms with Crippen LogP contribution in [-0.4, -0.2) is 15.8 Å². The highest BCUT2D eigenvalue weighted by atomic mass is 35.5. The molecule has 0 aliphatic rings. The van der Waals surface area contributed by atoms with Crippen molar-refractivity contribution in [3.8, 4) is 5.88 Å². The van der Waals surface area contributed by atoms with Crippen LogP contribution >= 0.6 is 23.2 Å². The number of aromatic nitrogens is 1. The summed E-state index contributed by atoms with van der Waals surface area (Å²) in [6, 6.07) is 10.5. The number of amides is 1. The lowest BCUT2D eigenvalue weighted by molar-refractivity contribution is -0.384. The van der Waals surface area contributed by atoms with Gasteiger partial charge in [-0.2, -0.15) is 13.2 Å². The van der Waals surface area contributed by atoms with Gasteiger partial charge in [-0.15, -0.1) is 0 Å². The molecular weight excluding hydrogens is 474 g/mol. The summed E-state index contributed by atoms with van der Waals surface area (Å²) < 4.78 is 43.3. The molecule has 1 aromatic heterocycles. The zero-order valence-corrected chi connectivity index (χ0v) is 17.3. The van der Waals surface area contributed by atoms with Crippen molar-refractivity contribution >= 4 is 40.5 Å². The molecular formula is C20H12Cl2F3N3O4. The maximum Gasteiger partial charge on any atom is 0.417 e. The number of non-ortho nitro benzene ring substituents is 1. The van der Waals surface area contributed by atoms with Crippen LogP contribution in [0.4, 0.5) is 24.5 Å². The molecule has 0 fully saturated rings. The largest absolute Gasteiger partial charge is 0.472 e. The van der Waals surface area contributed by atoms with Gasteiger partial charge in [0.2, 0.25) is 5.88 Å². The van der Waals surface area contributed by atoms with E-state index in [0.717, 1.165) is 12.1 Å². The first-order chi connectivity index (χ1) is 15.0. The number of nitro groups is 1. The molecule has 0 spiro atoms. The number of pyridine rings is 1. The number of nitro benzene ring substituents is 1. The van der Waals surface area contributed by atoms with Gasteiger partial charge in [0.1, 0.15) is 11.6 Å². The van der Waals surface area contributed by atoms with E-state index >= 15 is 0 Å². The van der Waals surface area contributed by atoms with Crippen LogP contribution in [0.5, 0.6) is 5.88 Å². The molecule has 1 heterocycles. The molecule has 7 nitrogen and oxygen atoms in total. The zero-order chi connectivity index (χ0) is 23.5. The highest BCUT2D eigenvalue weighted by Gasteiger charge is 2.31. The van der Waals surface area contributed by atoms with Gasteiger partial charge in [-0.1, -0.05) is 35.3 Å². The number of benzene rings is 2. The van der Waals surface area contributed by atoms with Gasteiger partial charge >= 0.3 is 6.18 Å². The minimum Gasteiger partial charge on any atom is -0.472 e. The van der Waals surface area contributed by atoms with Crippen LogP contribution in [-0.2, 0) is 12.8 Å². The van der Waals surface area contributed by atoms with Crippen molar-refractivity contribution in [2.45, 2.75) is 12.8 Å². The highest BCUT2D eigenvalue weighted by molar-refractivity contribution is 6.34. The maximum absolute atomic E-state index is 12.7. The summed E-state index contributed by atoms with van der Waals surface area (Å²) in [5.41, 5.74) is -0.321. The molecule has 3 rings (SSSR count). The van der Waals surface area contributed by atoms with E-state index in [1.165, 1.54) is 12.1 Å². The molecule has 0 unspecified atom stereocenters. The summed E-state index contributed by atoms with van der Waals surface area (Å²) in [5.74, 6) is -0.791. The molecule has 1 N–H and O–H groups in total. The molecule has 0 saturated carbocycles. The first-order valence-corrected chi connectivity index (χ1v) is 9.50. The number of alkyl halides is 3. The monoisotopic (exact) mass is 485 g/mol. The van der Waals surface area contributed by atoms with Gasteiger partial charge in [-0.3, -0.25) is 14.9 Å². The average Bonchev–Trinajstić information content (AvgIpc) is 2.73. The van der Waals surface area contributed by atoms with E-state index in [0.29, 0.717) is 17.4 Å². The summed E-state index contributed by atoms with van der Waals surface area (Å²) in [6.07, 6.45) is -3.94. The van der Waals surface area contributed by atoms with Gasteiger partial charge in [-0.25, -0.2) is 4.98 Å². The van der Waals surface area contributed by atoms with E-state index in [1.54, 1.807) is 24.3 Å². The molecule has 12 heteroatoms. The fourth-order valence-electron chi connectivity index (χ4n) is 2.52.